The molecule has 48 valence electrons. The molecule has 0 radical (unpaired) electrons. The second-order valence-corrected chi connectivity index (χ2v) is 3.28. The van der Waals surface area contributed by atoms with Gasteiger partial charge in [-0.25, -0.2) is 0 Å². The number of hydrogen-bond donors (Lipinski definition) is 0. The van der Waals surface area contributed by atoms with E-state index >= 15 is 0 Å². The van der Waals surface area contributed by atoms with Gasteiger partial charge in [0, 0.05) is 0 Å². The molecule has 0 amide bonds. The third-order valence-corrected chi connectivity index (χ3v) is 3.07. The number of hydrogen-bond acceptors (Lipinski definition) is 1. The Morgan fingerprint density at radius 2 is 2.00 bits per heavy atom. The molecule has 0 bridgehead atoms. The van der Waals surface area contributed by atoms with Crippen molar-refractivity contribution in [3.05, 3.63) is 0 Å². The van der Waals surface area contributed by atoms with Crippen molar-refractivity contribution < 1.29 is 4.74 Å². The Hall–Kier alpha value is 0.518. The molecule has 0 aromatic rings. The van der Waals surface area contributed by atoms with Gasteiger partial charge >= 0.3 is 58.8 Å². The van der Waals surface area contributed by atoms with E-state index in [1.54, 1.807) is 0 Å². The molecule has 1 atom stereocenters. The van der Waals surface area contributed by atoms with E-state index in [1.807, 2.05) is 16.9 Å². The number of rotatable bonds is 1. The van der Waals surface area contributed by atoms with E-state index in [9.17, 15) is 0 Å². The minimum atomic E-state index is 0.990. The fourth-order valence-corrected chi connectivity index (χ4v) is 1.97. The minimum absolute atomic E-state index is 0.990. The summed E-state index contributed by atoms with van der Waals surface area (Å²) in [4.78, 5) is 0. The average Bonchev–Trinajstić information content (AvgIpc) is 1.90. The van der Waals surface area contributed by atoms with Gasteiger partial charge in [0.05, 0.1) is 0 Å². The quantitative estimate of drug-likeness (QED) is 0.527. The van der Waals surface area contributed by atoms with E-state index in [0.717, 1.165) is 19.1 Å². The summed E-state index contributed by atoms with van der Waals surface area (Å²) in [5.41, 5.74) is 0. The maximum absolute atomic E-state index is 5.21. The summed E-state index contributed by atoms with van der Waals surface area (Å²) >= 11 is 1.86. The molecule has 1 saturated heterocycles. The Morgan fingerprint density at radius 3 is 2.38 bits per heavy atom. The molecule has 1 aliphatic heterocycles. The summed E-state index contributed by atoms with van der Waals surface area (Å²) in [5.74, 6) is 0.990. The van der Waals surface area contributed by atoms with Crippen LogP contribution in [0.5, 0.6) is 0 Å². The van der Waals surface area contributed by atoms with Crippen LogP contribution in [0.25, 0.3) is 0 Å². The predicted molar refractivity (Wildman–Crippen MR) is 36.9 cm³/mol. The monoisotopic (exact) mass is 176 g/mol. The van der Waals surface area contributed by atoms with E-state index in [0.29, 0.717) is 0 Å². The summed E-state index contributed by atoms with van der Waals surface area (Å²) in [6, 6.07) is 0. The van der Waals surface area contributed by atoms with Crippen LogP contribution in [0.15, 0.2) is 0 Å². The Labute approximate surface area is 59.3 Å². The molecule has 0 aromatic heterocycles. The van der Waals surface area contributed by atoms with Crippen LogP contribution in [-0.2, 0) is 4.74 Å². The van der Waals surface area contributed by atoms with E-state index in [2.05, 4.69) is 0 Å². The standard InChI is InChI=1S/C6H13AsO/c7-5-6-1-3-8-4-2-6/h6H,1-5,7H2. The molecule has 0 N–H and O–H groups in total. The van der Waals surface area contributed by atoms with Gasteiger partial charge in [0.15, 0.2) is 0 Å². The van der Waals surface area contributed by atoms with Crippen molar-refractivity contribution in [1.82, 2.24) is 0 Å². The topological polar surface area (TPSA) is 9.23 Å². The van der Waals surface area contributed by atoms with Crippen LogP contribution in [0.3, 0.4) is 0 Å². The zero-order valence-corrected chi connectivity index (χ0v) is 7.52. The van der Waals surface area contributed by atoms with Crippen LogP contribution in [0.2, 0.25) is 5.21 Å². The zero-order valence-electron chi connectivity index (χ0n) is 5.10. The summed E-state index contributed by atoms with van der Waals surface area (Å²) in [6.07, 6.45) is 2.61. The Kier molecular flexibility index (Phi) is 2.92. The van der Waals surface area contributed by atoms with Crippen molar-refractivity contribution >= 4 is 16.9 Å². The van der Waals surface area contributed by atoms with Gasteiger partial charge in [-0.05, 0) is 0 Å². The zero-order chi connectivity index (χ0) is 5.82. The molecule has 0 spiro atoms. The van der Waals surface area contributed by atoms with Crippen molar-refractivity contribution in [3.8, 4) is 0 Å². The van der Waals surface area contributed by atoms with Gasteiger partial charge in [0.25, 0.3) is 0 Å². The molecule has 1 heterocycles. The van der Waals surface area contributed by atoms with Crippen molar-refractivity contribution in [2.75, 3.05) is 13.2 Å². The molecular formula is C6H13AsO. The summed E-state index contributed by atoms with van der Waals surface area (Å²) < 4.78 is 5.21. The Balaban J connectivity index is 2.13. The average molecular weight is 176 g/mol. The van der Waals surface area contributed by atoms with Crippen molar-refractivity contribution in [2.45, 2.75) is 18.1 Å². The van der Waals surface area contributed by atoms with E-state index < -0.39 is 0 Å². The number of ether oxygens (including phenoxy) is 1. The molecule has 0 saturated carbocycles. The van der Waals surface area contributed by atoms with Crippen LogP contribution < -0.4 is 0 Å². The van der Waals surface area contributed by atoms with Crippen LogP contribution in [0.1, 0.15) is 12.8 Å². The van der Waals surface area contributed by atoms with Gasteiger partial charge < -0.3 is 0 Å². The molecule has 0 aliphatic carbocycles. The van der Waals surface area contributed by atoms with Gasteiger partial charge in [0.2, 0.25) is 0 Å². The Bertz CT molecular complexity index is 59.5. The summed E-state index contributed by atoms with van der Waals surface area (Å²) in [6.45, 7) is 2.02. The van der Waals surface area contributed by atoms with Gasteiger partial charge in [0.1, 0.15) is 0 Å². The van der Waals surface area contributed by atoms with Crippen LogP contribution in [0.4, 0.5) is 0 Å². The van der Waals surface area contributed by atoms with Crippen LogP contribution in [-0.4, -0.2) is 30.1 Å². The fraction of sp³-hybridized carbons (Fsp3) is 1.00. The Morgan fingerprint density at radius 1 is 1.38 bits per heavy atom. The third kappa shape index (κ3) is 1.79. The second-order valence-electron chi connectivity index (χ2n) is 2.29. The molecule has 2 heteroatoms. The molecule has 0 aromatic carbocycles. The first kappa shape index (κ1) is 6.64. The second kappa shape index (κ2) is 3.53. The maximum atomic E-state index is 5.21. The predicted octanol–water partition coefficient (Wildman–Crippen LogP) is 0.464. The fourth-order valence-electron chi connectivity index (χ4n) is 0.982. The summed E-state index contributed by atoms with van der Waals surface area (Å²) in [5, 5.41) is 1.40. The third-order valence-electron chi connectivity index (χ3n) is 1.67. The first-order chi connectivity index (χ1) is 3.93. The van der Waals surface area contributed by atoms with E-state index in [-0.39, 0.29) is 0 Å². The first-order valence-corrected chi connectivity index (χ1v) is 4.92. The van der Waals surface area contributed by atoms with Crippen molar-refractivity contribution in [1.29, 1.82) is 0 Å². The molecule has 1 nitrogen and oxygen atoms in total. The van der Waals surface area contributed by atoms with Gasteiger partial charge in [-0.3, -0.25) is 0 Å². The van der Waals surface area contributed by atoms with Crippen LogP contribution in [0, 0.1) is 5.92 Å². The van der Waals surface area contributed by atoms with Crippen LogP contribution >= 0.6 is 0 Å². The molecule has 8 heavy (non-hydrogen) atoms. The van der Waals surface area contributed by atoms with Gasteiger partial charge in [-0.2, -0.15) is 0 Å². The van der Waals surface area contributed by atoms with E-state index in [4.69, 9.17) is 4.74 Å². The van der Waals surface area contributed by atoms with E-state index in [1.165, 1.54) is 18.1 Å². The molecule has 1 rings (SSSR count). The van der Waals surface area contributed by atoms with Crippen molar-refractivity contribution in [2.24, 2.45) is 5.92 Å². The SMILES string of the molecule is [AsH2]CC1CCOCC1. The molecule has 1 aliphatic rings. The normalized spacial score (nSPS) is 23.6. The van der Waals surface area contributed by atoms with Gasteiger partial charge in [-0.15, -0.1) is 0 Å². The van der Waals surface area contributed by atoms with Gasteiger partial charge in [-0.1, -0.05) is 0 Å². The first-order valence-electron chi connectivity index (χ1n) is 3.21. The molecule has 1 fully saturated rings. The molecular weight excluding hydrogens is 163 g/mol. The summed E-state index contributed by atoms with van der Waals surface area (Å²) in [7, 11) is 0. The molecule has 1 unspecified atom stereocenters. The van der Waals surface area contributed by atoms with Crippen molar-refractivity contribution in [3.63, 3.8) is 0 Å².